The summed E-state index contributed by atoms with van der Waals surface area (Å²) in [6.45, 7) is 27.9. The van der Waals surface area contributed by atoms with Crippen LogP contribution in [0.5, 0.6) is 0 Å². The third kappa shape index (κ3) is 8.28. The normalized spacial score (nSPS) is 13.2. The number of benzene rings is 18. The van der Waals surface area contributed by atoms with Gasteiger partial charge in [0.25, 0.3) is 0 Å². The second-order valence-corrected chi connectivity index (χ2v) is 31.4. The molecule has 0 fully saturated rings. The van der Waals surface area contributed by atoms with E-state index in [9.17, 15) is 0 Å². The van der Waals surface area contributed by atoms with E-state index in [2.05, 4.69) is 314 Å². The fourth-order valence-corrected chi connectivity index (χ4v) is 16.2. The van der Waals surface area contributed by atoms with Crippen molar-refractivity contribution in [2.24, 2.45) is 0 Å². The fraction of sp³-hybridized carbons (Fsp3) is 0.174. The minimum absolute atomic E-state index is 0.00127. The summed E-state index contributed by atoms with van der Waals surface area (Å²) in [6.07, 6.45) is 0. The third-order valence-corrected chi connectivity index (χ3v) is 21.3. The van der Waals surface area contributed by atoms with Crippen LogP contribution < -0.4 is 0 Å². The predicted octanol–water partition coefficient (Wildman–Crippen LogP) is 26.8. The SMILES string of the molecule is CC(C)(C)c1cc2ccc3cc(-c4ccc(-c5cc6ccc7cc(C(C)(C)C)cc8ccc(c5-c5c(-c9ccc(-c%10cc%11ccc%12cc(C(C)(C)C)cc%13ccc(c%10)c%11c%12%13)cc9)cc9ccc%10cc(C(C)(C)C)cc%11ccc5c9c%10%11)c6c78)cc4)cc4ccc(c1)c2c34. The van der Waals surface area contributed by atoms with Gasteiger partial charge < -0.3 is 0 Å². The van der Waals surface area contributed by atoms with Gasteiger partial charge in [-0.25, -0.2) is 0 Å². The third-order valence-electron chi connectivity index (χ3n) is 21.3. The molecule has 18 aromatic carbocycles. The van der Waals surface area contributed by atoms with Crippen molar-refractivity contribution in [2.75, 3.05) is 0 Å². The van der Waals surface area contributed by atoms with Crippen molar-refractivity contribution in [1.82, 2.24) is 0 Å². The summed E-state index contributed by atoms with van der Waals surface area (Å²) in [5, 5.41) is 31.4. The molecule has 0 unspecified atom stereocenters. The number of rotatable bonds is 5. The van der Waals surface area contributed by atoms with Crippen LogP contribution in [0, 0.1) is 0 Å². The van der Waals surface area contributed by atoms with E-state index in [-0.39, 0.29) is 21.7 Å². The van der Waals surface area contributed by atoms with Crippen molar-refractivity contribution in [3.63, 3.8) is 0 Å². The highest BCUT2D eigenvalue weighted by Crippen LogP contribution is 2.53. The standard InChI is InChI=1S/C92H74/c1-89(2,3)71-41-59-25-21-55-37-69(38-56-22-26-60(42-71)81(59)79(55)56)51-13-17-53(18-14-51)77-49-67-31-29-63-45-73(91(7,8)9)47-65-33-35-75(85(67)83(63)65)87(77)88-76-36-34-66-48-74(92(10,11)12)46-64-30-32-68(86(76)84(64)66)50-78(88)54-19-15-52(16-20-54)70-39-57-23-27-61-43-72(90(4,5)6)44-62-28-24-58(40-70)80(57)82(61)62/h13-50H,1-12H3. The minimum atomic E-state index is 0.00127. The first-order valence-electron chi connectivity index (χ1n) is 33.3. The van der Waals surface area contributed by atoms with Gasteiger partial charge in [-0.2, -0.15) is 0 Å². The van der Waals surface area contributed by atoms with Crippen molar-refractivity contribution in [2.45, 2.75) is 105 Å². The lowest BCUT2D eigenvalue weighted by Gasteiger charge is -2.25. The van der Waals surface area contributed by atoms with E-state index in [1.807, 2.05) is 0 Å². The van der Waals surface area contributed by atoms with Gasteiger partial charge in [-0.15, -0.1) is 0 Å². The molecule has 0 N–H and O–H groups in total. The van der Waals surface area contributed by atoms with Gasteiger partial charge in [0.2, 0.25) is 0 Å². The van der Waals surface area contributed by atoms with Crippen LogP contribution in [0.25, 0.3) is 185 Å². The first-order chi connectivity index (χ1) is 44.1. The lowest BCUT2D eigenvalue weighted by Crippen LogP contribution is -2.11. The number of hydrogen-bond donors (Lipinski definition) is 0. The summed E-state index contributed by atoms with van der Waals surface area (Å²) < 4.78 is 0. The summed E-state index contributed by atoms with van der Waals surface area (Å²) >= 11 is 0. The molecule has 0 aliphatic heterocycles. The molecule has 0 saturated carbocycles. The zero-order valence-corrected chi connectivity index (χ0v) is 54.9. The van der Waals surface area contributed by atoms with Gasteiger partial charge in [-0.05, 0) is 265 Å². The van der Waals surface area contributed by atoms with Crippen LogP contribution in [-0.2, 0) is 21.7 Å². The molecule has 0 aliphatic carbocycles. The lowest BCUT2D eigenvalue weighted by atomic mass is 9.78. The lowest BCUT2D eigenvalue weighted by molar-refractivity contribution is 0.591. The molecule has 0 bridgehead atoms. The fourth-order valence-electron chi connectivity index (χ4n) is 16.2. The van der Waals surface area contributed by atoms with Gasteiger partial charge in [0, 0.05) is 0 Å². The molecule has 18 aromatic rings. The molecule has 0 aromatic heterocycles. The van der Waals surface area contributed by atoms with E-state index in [0.717, 1.165) is 0 Å². The van der Waals surface area contributed by atoms with E-state index in [1.165, 1.54) is 207 Å². The zero-order chi connectivity index (χ0) is 62.8. The Labute approximate surface area is 539 Å². The van der Waals surface area contributed by atoms with Crippen molar-refractivity contribution in [3.05, 3.63) is 253 Å². The second-order valence-electron chi connectivity index (χ2n) is 31.4. The van der Waals surface area contributed by atoms with Gasteiger partial charge in [-0.3, -0.25) is 0 Å². The molecule has 442 valence electrons. The summed E-state index contributed by atoms with van der Waals surface area (Å²) in [5.41, 5.74) is 17.9. The van der Waals surface area contributed by atoms with Gasteiger partial charge in [-0.1, -0.05) is 277 Å². The summed E-state index contributed by atoms with van der Waals surface area (Å²) in [5.74, 6) is 0. The first kappa shape index (κ1) is 55.0. The van der Waals surface area contributed by atoms with Crippen LogP contribution in [0.2, 0.25) is 0 Å². The van der Waals surface area contributed by atoms with Crippen molar-refractivity contribution in [3.8, 4) is 55.6 Å². The molecule has 92 heavy (non-hydrogen) atoms. The largest absolute Gasteiger partial charge is 0.0561 e. The molecule has 18 rings (SSSR count). The van der Waals surface area contributed by atoms with Crippen molar-refractivity contribution >= 4 is 129 Å². The molecule has 0 heteroatoms. The highest BCUT2D eigenvalue weighted by Gasteiger charge is 2.28. The van der Waals surface area contributed by atoms with E-state index in [4.69, 9.17) is 0 Å². The molecule has 0 saturated heterocycles. The van der Waals surface area contributed by atoms with Crippen molar-refractivity contribution < 1.29 is 0 Å². The molecular weight excluding hydrogens is 1110 g/mol. The molecule has 0 aliphatic rings. The Balaban J connectivity index is 0.862. The topological polar surface area (TPSA) is 0 Å². The smallest absolute Gasteiger partial charge is 0.00137 e. The Morgan fingerprint density at radius 2 is 0.348 bits per heavy atom. The maximum absolute atomic E-state index is 2.53. The maximum atomic E-state index is 2.53. The van der Waals surface area contributed by atoms with Gasteiger partial charge in [0.05, 0.1) is 0 Å². The highest BCUT2D eigenvalue weighted by atomic mass is 14.3. The molecule has 0 atom stereocenters. The Morgan fingerprint density at radius 3 is 0.576 bits per heavy atom. The van der Waals surface area contributed by atoms with Gasteiger partial charge in [0.15, 0.2) is 0 Å². The quantitative estimate of drug-likeness (QED) is 0.151. The average Bonchev–Trinajstić information content (AvgIpc) is 0.712. The Kier molecular flexibility index (Phi) is 11.3. The van der Waals surface area contributed by atoms with Crippen LogP contribution in [-0.4, -0.2) is 0 Å². The summed E-state index contributed by atoms with van der Waals surface area (Å²) in [7, 11) is 0. The van der Waals surface area contributed by atoms with Gasteiger partial charge >= 0.3 is 0 Å². The van der Waals surface area contributed by atoms with E-state index >= 15 is 0 Å². The van der Waals surface area contributed by atoms with E-state index in [1.54, 1.807) is 0 Å². The predicted molar refractivity (Wildman–Crippen MR) is 403 cm³/mol. The monoisotopic (exact) mass is 1180 g/mol. The summed E-state index contributed by atoms with van der Waals surface area (Å²) in [4.78, 5) is 0. The molecular formula is C92H74. The Hall–Kier alpha value is -9.88. The van der Waals surface area contributed by atoms with Crippen LogP contribution in [0.1, 0.15) is 105 Å². The van der Waals surface area contributed by atoms with E-state index in [0.29, 0.717) is 0 Å². The van der Waals surface area contributed by atoms with Crippen molar-refractivity contribution in [1.29, 1.82) is 0 Å². The maximum Gasteiger partial charge on any atom is -0.00137 e. The summed E-state index contributed by atoms with van der Waals surface area (Å²) in [6, 6.07) is 91.2. The highest BCUT2D eigenvalue weighted by molar-refractivity contribution is 6.33. The number of hydrogen-bond acceptors (Lipinski definition) is 0. The first-order valence-corrected chi connectivity index (χ1v) is 33.3. The Bertz CT molecular complexity index is 5550. The second kappa shape index (κ2) is 18.9. The van der Waals surface area contributed by atoms with Crippen LogP contribution >= 0.6 is 0 Å². The Morgan fingerprint density at radius 1 is 0.163 bits per heavy atom. The van der Waals surface area contributed by atoms with Gasteiger partial charge in [0.1, 0.15) is 0 Å². The van der Waals surface area contributed by atoms with Crippen LogP contribution in [0.15, 0.2) is 231 Å². The van der Waals surface area contributed by atoms with E-state index < -0.39 is 0 Å². The average molecular weight is 1180 g/mol. The molecule has 0 heterocycles. The molecule has 0 amide bonds. The van der Waals surface area contributed by atoms with Crippen LogP contribution in [0.3, 0.4) is 0 Å². The molecule has 0 spiro atoms. The minimum Gasteiger partial charge on any atom is -0.0561 e. The molecule has 0 radical (unpaired) electrons. The van der Waals surface area contributed by atoms with Crippen LogP contribution in [0.4, 0.5) is 0 Å². The molecule has 0 nitrogen and oxygen atoms in total. The zero-order valence-electron chi connectivity index (χ0n) is 54.9.